The zero-order valence-corrected chi connectivity index (χ0v) is 9.48. The molecule has 0 saturated heterocycles. The molecular weight excluding hydrogens is 219 g/mol. The van der Waals surface area contributed by atoms with Crippen LogP contribution in [0.3, 0.4) is 0 Å². The summed E-state index contributed by atoms with van der Waals surface area (Å²) in [6.07, 6.45) is 0. The fourth-order valence-corrected chi connectivity index (χ4v) is 1.47. The van der Waals surface area contributed by atoms with Gasteiger partial charge in [-0.1, -0.05) is 18.2 Å². The Morgan fingerprint density at radius 3 is 2.47 bits per heavy atom. The summed E-state index contributed by atoms with van der Waals surface area (Å²) in [5, 5.41) is 8.91. The van der Waals surface area contributed by atoms with Crippen LogP contribution in [-0.4, -0.2) is 5.11 Å². The van der Waals surface area contributed by atoms with Gasteiger partial charge in [-0.3, -0.25) is 0 Å². The lowest BCUT2D eigenvalue weighted by Gasteiger charge is -2.09. The van der Waals surface area contributed by atoms with Crippen molar-refractivity contribution in [1.29, 1.82) is 0 Å². The van der Waals surface area contributed by atoms with Crippen LogP contribution in [0.5, 0.6) is 11.5 Å². The van der Waals surface area contributed by atoms with Crippen LogP contribution in [0.1, 0.15) is 11.1 Å². The van der Waals surface area contributed by atoms with Gasteiger partial charge in [0, 0.05) is 6.07 Å². The van der Waals surface area contributed by atoms with Gasteiger partial charge >= 0.3 is 0 Å². The molecule has 2 aromatic rings. The van der Waals surface area contributed by atoms with Crippen molar-refractivity contribution in [1.82, 2.24) is 0 Å². The SMILES string of the molecule is Cc1ccc(F)cc1Oc1ccc(CO)cc1. The monoisotopic (exact) mass is 232 g/mol. The van der Waals surface area contributed by atoms with E-state index in [1.54, 1.807) is 30.3 Å². The quantitative estimate of drug-likeness (QED) is 0.878. The molecule has 0 aliphatic carbocycles. The summed E-state index contributed by atoms with van der Waals surface area (Å²) in [5.74, 6) is 0.801. The Morgan fingerprint density at radius 2 is 1.82 bits per heavy atom. The smallest absolute Gasteiger partial charge is 0.133 e. The van der Waals surface area contributed by atoms with Crippen molar-refractivity contribution in [2.45, 2.75) is 13.5 Å². The first-order chi connectivity index (χ1) is 8.19. The molecular formula is C14H13FO2. The Bertz CT molecular complexity index is 506. The fourth-order valence-electron chi connectivity index (χ4n) is 1.47. The topological polar surface area (TPSA) is 29.5 Å². The largest absolute Gasteiger partial charge is 0.457 e. The van der Waals surface area contributed by atoms with E-state index in [-0.39, 0.29) is 12.4 Å². The maximum Gasteiger partial charge on any atom is 0.133 e. The molecule has 0 atom stereocenters. The van der Waals surface area contributed by atoms with Crippen LogP contribution in [0.4, 0.5) is 4.39 Å². The summed E-state index contributed by atoms with van der Waals surface area (Å²) < 4.78 is 18.6. The average molecular weight is 232 g/mol. The predicted octanol–water partition coefficient (Wildman–Crippen LogP) is 3.42. The number of aryl methyl sites for hydroxylation is 1. The van der Waals surface area contributed by atoms with Crippen LogP contribution >= 0.6 is 0 Å². The molecule has 1 N–H and O–H groups in total. The molecule has 0 bridgehead atoms. The zero-order chi connectivity index (χ0) is 12.3. The summed E-state index contributed by atoms with van der Waals surface area (Å²) >= 11 is 0. The molecule has 3 heteroatoms. The maximum absolute atomic E-state index is 13.1. The van der Waals surface area contributed by atoms with E-state index in [1.807, 2.05) is 6.92 Å². The highest BCUT2D eigenvalue weighted by Gasteiger charge is 2.03. The lowest BCUT2D eigenvalue weighted by molar-refractivity contribution is 0.281. The first-order valence-corrected chi connectivity index (χ1v) is 5.33. The van der Waals surface area contributed by atoms with Crippen molar-refractivity contribution >= 4 is 0 Å². The van der Waals surface area contributed by atoms with Crippen LogP contribution in [0, 0.1) is 12.7 Å². The van der Waals surface area contributed by atoms with E-state index < -0.39 is 0 Å². The van der Waals surface area contributed by atoms with Gasteiger partial charge in [-0.15, -0.1) is 0 Å². The third-order valence-corrected chi connectivity index (χ3v) is 2.48. The zero-order valence-electron chi connectivity index (χ0n) is 9.48. The van der Waals surface area contributed by atoms with E-state index in [1.165, 1.54) is 12.1 Å². The summed E-state index contributed by atoms with van der Waals surface area (Å²) in [4.78, 5) is 0. The average Bonchev–Trinajstić information content (AvgIpc) is 2.35. The van der Waals surface area contributed by atoms with E-state index in [2.05, 4.69) is 0 Å². The van der Waals surface area contributed by atoms with Crippen LogP contribution < -0.4 is 4.74 Å². The highest BCUT2D eigenvalue weighted by Crippen LogP contribution is 2.25. The standard InChI is InChI=1S/C14H13FO2/c1-10-2-5-12(15)8-14(10)17-13-6-3-11(9-16)4-7-13/h2-8,16H,9H2,1H3. The minimum Gasteiger partial charge on any atom is -0.457 e. The first kappa shape index (κ1) is 11.6. The van der Waals surface area contributed by atoms with Crippen LogP contribution in [0.25, 0.3) is 0 Å². The molecule has 0 aromatic heterocycles. The van der Waals surface area contributed by atoms with Gasteiger partial charge in [-0.25, -0.2) is 4.39 Å². The van der Waals surface area contributed by atoms with Crippen molar-refractivity contribution in [3.8, 4) is 11.5 Å². The molecule has 88 valence electrons. The number of halogens is 1. The lowest BCUT2D eigenvalue weighted by atomic mass is 10.2. The number of aliphatic hydroxyl groups excluding tert-OH is 1. The Kier molecular flexibility index (Phi) is 3.40. The van der Waals surface area contributed by atoms with Gasteiger partial charge < -0.3 is 9.84 Å². The van der Waals surface area contributed by atoms with Crippen LogP contribution in [0.15, 0.2) is 42.5 Å². The molecule has 2 nitrogen and oxygen atoms in total. The van der Waals surface area contributed by atoms with Crippen LogP contribution in [0.2, 0.25) is 0 Å². The summed E-state index contributed by atoms with van der Waals surface area (Å²) in [5.41, 5.74) is 1.69. The van der Waals surface area contributed by atoms with Gasteiger partial charge in [-0.2, -0.15) is 0 Å². The van der Waals surface area contributed by atoms with Crippen molar-refractivity contribution < 1.29 is 14.2 Å². The van der Waals surface area contributed by atoms with Gasteiger partial charge in [0.15, 0.2) is 0 Å². The number of hydrogen-bond donors (Lipinski definition) is 1. The minimum absolute atomic E-state index is 0.000721. The fraction of sp³-hybridized carbons (Fsp3) is 0.143. The van der Waals surface area contributed by atoms with Gasteiger partial charge in [0.1, 0.15) is 17.3 Å². The molecule has 0 saturated carbocycles. The van der Waals surface area contributed by atoms with Gasteiger partial charge in [-0.05, 0) is 36.2 Å². The van der Waals surface area contributed by atoms with E-state index in [9.17, 15) is 4.39 Å². The molecule has 0 unspecified atom stereocenters. The summed E-state index contributed by atoms with van der Waals surface area (Å²) in [7, 11) is 0. The Labute approximate surface area is 99.3 Å². The van der Waals surface area contributed by atoms with Crippen molar-refractivity contribution in [2.24, 2.45) is 0 Å². The summed E-state index contributed by atoms with van der Waals surface area (Å²) in [6, 6.07) is 11.5. The molecule has 0 radical (unpaired) electrons. The molecule has 17 heavy (non-hydrogen) atoms. The number of ether oxygens (including phenoxy) is 1. The molecule has 0 heterocycles. The van der Waals surface area contributed by atoms with Crippen LogP contribution in [-0.2, 0) is 6.61 Å². The number of hydrogen-bond acceptors (Lipinski definition) is 2. The van der Waals surface area contributed by atoms with E-state index in [4.69, 9.17) is 9.84 Å². The molecule has 0 spiro atoms. The Balaban J connectivity index is 2.22. The van der Waals surface area contributed by atoms with E-state index in [0.29, 0.717) is 11.5 Å². The van der Waals surface area contributed by atoms with Crippen molar-refractivity contribution in [3.63, 3.8) is 0 Å². The molecule has 0 fully saturated rings. The Morgan fingerprint density at radius 1 is 1.12 bits per heavy atom. The molecule has 0 aliphatic heterocycles. The maximum atomic E-state index is 13.1. The third-order valence-electron chi connectivity index (χ3n) is 2.48. The highest BCUT2D eigenvalue weighted by molar-refractivity contribution is 5.38. The van der Waals surface area contributed by atoms with E-state index >= 15 is 0 Å². The Hall–Kier alpha value is -1.87. The predicted molar refractivity (Wildman–Crippen MR) is 63.6 cm³/mol. The van der Waals surface area contributed by atoms with E-state index in [0.717, 1.165) is 11.1 Å². The second kappa shape index (κ2) is 4.97. The second-order valence-electron chi connectivity index (χ2n) is 3.81. The molecule has 0 amide bonds. The molecule has 0 aliphatic rings. The first-order valence-electron chi connectivity index (χ1n) is 5.33. The lowest BCUT2D eigenvalue weighted by Crippen LogP contribution is -1.89. The van der Waals surface area contributed by atoms with Gasteiger partial charge in [0.25, 0.3) is 0 Å². The third kappa shape index (κ3) is 2.82. The molecule has 2 aromatic carbocycles. The molecule has 2 rings (SSSR count). The second-order valence-corrected chi connectivity index (χ2v) is 3.81. The minimum atomic E-state index is -0.322. The number of benzene rings is 2. The number of rotatable bonds is 3. The van der Waals surface area contributed by atoms with Gasteiger partial charge in [0.2, 0.25) is 0 Å². The summed E-state index contributed by atoms with van der Waals surface area (Å²) in [6.45, 7) is 1.86. The van der Waals surface area contributed by atoms with Crippen molar-refractivity contribution in [3.05, 3.63) is 59.4 Å². The normalized spacial score (nSPS) is 10.3. The highest BCUT2D eigenvalue weighted by atomic mass is 19.1. The van der Waals surface area contributed by atoms with Crippen molar-refractivity contribution in [2.75, 3.05) is 0 Å². The van der Waals surface area contributed by atoms with Gasteiger partial charge in [0.05, 0.1) is 6.61 Å². The number of aliphatic hydroxyl groups is 1.